The standard InChI is InChI=1S/C15H12Cl2FNO/c1-19(9-10-6-7-12(16)13(17)8-10)15(20)11-4-2-3-5-14(11)18/h2-8H,9H2,1H3. The lowest BCUT2D eigenvalue weighted by Gasteiger charge is -2.18. The van der Waals surface area contributed by atoms with Gasteiger partial charge in [-0.2, -0.15) is 0 Å². The molecule has 20 heavy (non-hydrogen) atoms. The fourth-order valence-electron chi connectivity index (χ4n) is 1.82. The Kier molecular flexibility index (Phi) is 4.63. The van der Waals surface area contributed by atoms with Crippen LogP contribution in [-0.4, -0.2) is 17.9 Å². The van der Waals surface area contributed by atoms with Gasteiger partial charge >= 0.3 is 0 Å². The second kappa shape index (κ2) is 6.25. The number of carbonyl (C=O) groups is 1. The third-order valence-electron chi connectivity index (χ3n) is 2.85. The number of rotatable bonds is 3. The van der Waals surface area contributed by atoms with Crippen LogP contribution in [0.5, 0.6) is 0 Å². The van der Waals surface area contributed by atoms with Crippen molar-refractivity contribution >= 4 is 29.1 Å². The second-order valence-corrected chi connectivity index (χ2v) is 5.20. The minimum absolute atomic E-state index is 0.0510. The van der Waals surface area contributed by atoms with Crippen molar-refractivity contribution in [1.82, 2.24) is 4.90 Å². The highest BCUT2D eigenvalue weighted by Crippen LogP contribution is 2.23. The van der Waals surface area contributed by atoms with Gasteiger partial charge < -0.3 is 4.90 Å². The summed E-state index contributed by atoms with van der Waals surface area (Å²) >= 11 is 11.8. The van der Waals surface area contributed by atoms with E-state index in [1.165, 1.54) is 17.0 Å². The zero-order valence-corrected chi connectivity index (χ0v) is 12.2. The second-order valence-electron chi connectivity index (χ2n) is 4.39. The Morgan fingerprint density at radius 2 is 1.85 bits per heavy atom. The highest BCUT2D eigenvalue weighted by atomic mass is 35.5. The average Bonchev–Trinajstić information content (AvgIpc) is 2.42. The Morgan fingerprint density at radius 3 is 2.50 bits per heavy atom. The molecule has 0 fully saturated rings. The van der Waals surface area contributed by atoms with Crippen LogP contribution in [0.15, 0.2) is 42.5 Å². The molecule has 2 nitrogen and oxygen atoms in total. The van der Waals surface area contributed by atoms with Crippen molar-refractivity contribution in [1.29, 1.82) is 0 Å². The summed E-state index contributed by atoms with van der Waals surface area (Å²) in [6.45, 7) is 0.323. The summed E-state index contributed by atoms with van der Waals surface area (Å²) in [4.78, 5) is 13.6. The molecule has 2 rings (SSSR count). The maximum absolute atomic E-state index is 13.6. The van der Waals surface area contributed by atoms with E-state index in [-0.39, 0.29) is 11.5 Å². The van der Waals surface area contributed by atoms with Gasteiger partial charge in [0.25, 0.3) is 5.91 Å². The zero-order chi connectivity index (χ0) is 14.7. The molecule has 0 aliphatic carbocycles. The molecule has 0 radical (unpaired) electrons. The van der Waals surface area contributed by atoms with E-state index >= 15 is 0 Å². The van der Waals surface area contributed by atoms with Crippen LogP contribution in [0.3, 0.4) is 0 Å². The van der Waals surface area contributed by atoms with Crippen molar-refractivity contribution in [2.75, 3.05) is 7.05 Å². The first kappa shape index (κ1) is 14.8. The predicted molar refractivity (Wildman–Crippen MR) is 78.7 cm³/mol. The van der Waals surface area contributed by atoms with Gasteiger partial charge in [-0.15, -0.1) is 0 Å². The minimum Gasteiger partial charge on any atom is -0.337 e. The van der Waals surface area contributed by atoms with E-state index in [1.807, 2.05) is 0 Å². The summed E-state index contributed by atoms with van der Waals surface area (Å²) in [6.07, 6.45) is 0. The van der Waals surface area contributed by atoms with Crippen LogP contribution < -0.4 is 0 Å². The van der Waals surface area contributed by atoms with Crippen molar-refractivity contribution < 1.29 is 9.18 Å². The fourth-order valence-corrected chi connectivity index (χ4v) is 2.14. The summed E-state index contributed by atoms with van der Waals surface area (Å²) in [5.41, 5.74) is 0.877. The molecule has 1 amide bonds. The van der Waals surface area contributed by atoms with Crippen molar-refractivity contribution in [2.45, 2.75) is 6.54 Å². The number of benzene rings is 2. The van der Waals surface area contributed by atoms with Crippen molar-refractivity contribution in [3.63, 3.8) is 0 Å². The smallest absolute Gasteiger partial charge is 0.256 e. The Hall–Kier alpha value is -1.58. The molecule has 0 aliphatic heterocycles. The van der Waals surface area contributed by atoms with Gasteiger partial charge in [0.05, 0.1) is 15.6 Å². The van der Waals surface area contributed by atoms with Crippen molar-refractivity contribution in [3.8, 4) is 0 Å². The quantitative estimate of drug-likeness (QED) is 0.822. The molecule has 0 saturated heterocycles. The van der Waals surface area contributed by atoms with Crippen molar-refractivity contribution in [3.05, 3.63) is 69.5 Å². The van der Waals surface area contributed by atoms with E-state index in [0.29, 0.717) is 16.6 Å². The van der Waals surface area contributed by atoms with E-state index in [2.05, 4.69) is 0 Å². The number of halogens is 3. The first-order chi connectivity index (χ1) is 9.49. The van der Waals surface area contributed by atoms with Gasteiger partial charge in [0.1, 0.15) is 5.82 Å². The summed E-state index contributed by atoms with van der Waals surface area (Å²) in [5, 5.41) is 0.884. The zero-order valence-electron chi connectivity index (χ0n) is 10.7. The number of nitrogens with zero attached hydrogens (tertiary/aromatic N) is 1. The van der Waals surface area contributed by atoms with Crippen LogP contribution in [0.4, 0.5) is 4.39 Å². The number of amides is 1. The number of carbonyl (C=O) groups excluding carboxylic acids is 1. The summed E-state index contributed by atoms with van der Waals surface area (Å²) < 4.78 is 13.6. The van der Waals surface area contributed by atoms with Gasteiger partial charge in [-0.05, 0) is 29.8 Å². The predicted octanol–water partition coefficient (Wildman–Crippen LogP) is 4.40. The van der Waals surface area contributed by atoms with Crippen LogP contribution in [0, 0.1) is 5.82 Å². The van der Waals surface area contributed by atoms with Crippen LogP contribution in [0.25, 0.3) is 0 Å². The Bertz CT molecular complexity index is 646. The molecule has 0 heterocycles. The fraction of sp³-hybridized carbons (Fsp3) is 0.133. The lowest BCUT2D eigenvalue weighted by atomic mass is 10.1. The van der Waals surface area contributed by atoms with E-state index in [0.717, 1.165) is 5.56 Å². The molecular formula is C15H12Cl2FNO. The Labute approximate surface area is 126 Å². The van der Waals surface area contributed by atoms with Crippen LogP contribution in [0.2, 0.25) is 10.0 Å². The first-order valence-corrected chi connectivity index (χ1v) is 6.68. The molecule has 0 aromatic heterocycles. The molecule has 2 aromatic rings. The highest BCUT2D eigenvalue weighted by Gasteiger charge is 2.16. The van der Waals surface area contributed by atoms with Crippen LogP contribution in [-0.2, 0) is 6.54 Å². The monoisotopic (exact) mass is 311 g/mol. The lowest BCUT2D eigenvalue weighted by molar-refractivity contribution is 0.0780. The topological polar surface area (TPSA) is 20.3 Å². The average molecular weight is 312 g/mol. The summed E-state index contributed by atoms with van der Waals surface area (Å²) in [5.74, 6) is -0.910. The molecule has 0 unspecified atom stereocenters. The SMILES string of the molecule is CN(Cc1ccc(Cl)c(Cl)c1)C(=O)c1ccccc1F. The van der Waals surface area contributed by atoms with Gasteiger partial charge in [-0.25, -0.2) is 4.39 Å². The molecule has 0 N–H and O–H groups in total. The van der Waals surface area contributed by atoms with Crippen LogP contribution >= 0.6 is 23.2 Å². The van der Waals surface area contributed by atoms with Gasteiger partial charge in [0, 0.05) is 13.6 Å². The van der Waals surface area contributed by atoms with E-state index < -0.39 is 5.82 Å². The molecule has 0 atom stereocenters. The molecule has 5 heteroatoms. The Morgan fingerprint density at radius 1 is 1.15 bits per heavy atom. The maximum atomic E-state index is 13.6. The van der Waals surface area contributed by atoms with Gasteiger partial charge in [0.2, 0.25) is 0 Å². The van der Waals surface area contributed by atoms with E-state index in [4.69, 9.17) is 23.2 Å². The summed E-state index contributed by atoms with van der Waals surface area (Å²) in [6, 6.07) is 11.0. The molecule has 0 spiro atoms. The third kappa shape index (κ3) is 3.30. The largest absolute Gasteiger partial charge is 0.337 e. The third-order valence-corrected chi connectivity index (χ3v) is 3.59. The first-order valence-electron chi connectivity index (χ1n) is 5.93. The Balaban J connectivity index is 2.15. The normalized spacial score (nSPS) is 10.4. The molecule has 104 valence electrons. The van der Waals surface area contributed by atoms with Gasteiger partial charge in [0.15, 0.2) is 0 Å². The molecule has 0 saturated carbocycles. The van der Waals surface area contributed by atoms with Gasteiger partial charge in [-0.3, -0.25) is 4.79 Å². The van der Waals surface area contributed by atoms with E-state index in [1.54, 1.807) is 37.4 Å². The summed E-state index contributed by atoms with van der Waals surface area (Å²) in [7, 11) is 1.61. The molecular weight excluding hydrogens is 300 g/mol. The van der Waals surface area contributed by atoms with Crippen LogP contribution in [0.1, 0.15) is 15.9 Å². The molecule has 0 aliphatic rings. The van der Waals surface area contributed by atoms with E-state index in [9.17, 15) is 9.18 Å². The highest BCUT2D eigenvalue weighted by molar-refractivity contribution is 6.42. The lowest BCUT2D eigenvalue weighted by Crippen LogP contribution is -2.27. The minimum atomic E-state index is -0.529. The van der Waals surface area contributed by atoms with Gasteiger partial charge in [-0.1, -0.05) is 41.4 Å². The molecule has 2 aromatic carbocycles. The number of hydrogen-bond donors (Lipinski definition) is 0. The molecule has 0 bridgehead atoms. The van der Waals surface area contributed by atoms with Crippen molar-refractivity contribution in [2.24, 2.45) is 0 Å². The maximum Gasteiger partial charge on any atom is 0.256 e. The number of hydrogen-bond acceptors (Lipinski definition) is 1.